The van der Waals surface area contributed by atoms with Crippen molar-refractivity contribution in [1.29, 1.82) is 0 Å². The molecule has 4 aromatic rings. The van der Waals surface area contributed by atoms with E-state index < -0.39 is 41.7 Å². The van der Waals surface area contributed by atoms with Crippen LogP contribution in [0.15, 0.2) is 97.2 Å². The highest BCUT2D eigenvalue weighted by Gasteiger charge is 2.31. The van der Waals surface area contributed by atoms with Crippen molar-refractivity contribution in [1.82, 2.24) is 10.3 Å². The lowest BCUT2D eigenvalue weighted by molar-refractivity contribution is -0.155. The molecule has 0 aliphatic carbocycles. The number of methoxy groups -OCH3 is 1. The molecule has 2 N–H and O–H groups in total. The molecule has 3 aromatic carbocycles. The van der Waals surface area contributed by atoms with Crippen molar-refractivity contribution in [3.8, 4) is 17.2 Å². The number of hydrogen-bond acceptors (Lipinski definition) is 7. The SMILES string of the molecule is COc1ccnc(C(=O)N[C@@H](Cc2ccccc2)C(=O)O[C@@H](C)[C@H](Oc2cccc(F)c2)c2ccccc2)c1O. The number of amides is 1. The van der Waals surface area contributed by atoms with E-state index in [2.05, 4.69) is 10.3 Å². The largest absolute Gasteiger partial charge is 0.503 e. The Labute approximate surface area is 231 Å². The van der Waals surface area contributed by atoms with Crippen molar-refractivity contribution >= 4 is 11.9 Å². The van der Waals surface area contributed by atoms with Crippen LogP contribution in [-0.2, 0) is 16.0 Å². The molecule has 0 saturated heterocycles. The first-order valence-corrected chi connectivity index (χ1v) is 12.6. The third-order valence-electron chi connectivity index (χ3n) is 6.11. The first kappa shape index (κ1) is 28.1. The normalized spacial score (nSPS) is 13.0. The fourth-order valence-corrected chi connectivity index (χ4v) is 4.13. The predicted molar refractivity (Wildman–Crippen MR) is 146 cm³/mol. The molecule has 3 atom stereocenters. The van der Waals surface area contributed by atoms with E-state index in [9.17, 15) is 19.1 Å². The zero-order chi connectivity index (χ0) is 28.5. The third kappa shape index (κ3) is 7.13. The first-order valence-electron chi connectivity index (χ1n) is 12.6. The van der Waals surface area contributed by atoms with E-state index in [0.717, 1.165) is 5.56 Å². The Hall–Kier alpha value is -4.92. The summed E-state index contributed by atoms with van der Waals surface area (Å²) in [6, 6.07) is 24.2. The predicted octanol–water partition coefficient (Wildman–Crippen LogP) is 5.03. The Morgan fingerprint density at radius 3 is 2.35 bits per heavy atom. The number of ether oxygens (including phenoxy) is 3. The van der Waals surface area contributed by atoms with Crippen molar-refractivity contribution in [2.24, 2.45) is 0 Å². The molecule has 1 heterocycles. The van der Waals surface area contributed by atoms with Crippen molar-refractivity contribution in [2.45, 2.75) is 31.6 Å². The number of halogens is 1. The molecule has 0 saturated carbocycles. The summed E-state index contributed by atoms with van der Waals surface area (Å²) in [5, 5.41) is 13.0. The van der Waals surface area contributed by atoms with Gasteiger partial charge in [-0.1, -0.05) is 66.7 Å². The Kier molecular flexibility index (Phi) is 9.30. The van der Waals surface area contributed by atoms with Gasteiger partial charge < -0.3 is 24.6 Å². The molecule has 206 valence electrons. The number of nitrogens with one attached hydrogen (secondary N) is 1. The Morgan fingerprint density at radius 2 is 1.68 bits per heavy atom. The summed E-state index contributed by atoms with van der Waals surface area (Å²) in [5.74, 6) is -2.08. The molecule has 4 rings (SSSR count). The Bertz CT molecular complexity index is 1430. The van der Waals surface area contributed by atoms with Crippen molar-refractivity contribution < 1.29 is 33.3 Å². The summed E-state index contributed by atoms with van der Waals surface area (Å²) in [6.45, 7) is 1.66. The number of aromatic hydroxyl groups is 1. The first-order chi connectivity index (χ1) is 19.4. The molecule has 8 nitrogen and oxygen atoms in total. The van der Waals surface area contributed by atoms with E-state index in [0.29, 0.717) is 5.56 Å². The quantitative estimate of drug-likeness (QED) is 0.255. The lowest BCUT2D eigenvalue weighted by Gasteiger charge is -2.27. The maximum atomic E-state index is 13.8. The van der Waals surface area contributed by atoms with E-state index in [-0.39, 0.29) is 23.6 Å². The van der Waals surface area contributed by atoms with Gasteiger partial charge in [-0.15, -0.1) is 0 Å². The lowest BCUT2D eigenvalue weighted by Crippen LogP contribution is -2.45. The average Bonchev–Trinajstić information content (AvgIpc) is 2.96. The van der Waals surface area contributed by atoms with E-state index >= 15 is 0 Å². The number of carbonyl (C=O) groups is 2. The van der Waals surface area contributed by atoms with Gasteiger partial charge in [0.05, 0.1) is 7.11 Å². The third-order valence-corrected chi connectivity index (χ3v) is 6.11. The Balaban J connectivity index is 1.58. The van der Waals surface area contributed by atoms with Gasteiger partial charge in [-0.25, -0.2) is 14.2 Å². The molecule has 0 aliphatic heterocycles. The Morgan fingerprint density at radius 1 is 0.975 bits per heavy atom. The topological polar surface area (TPSA) is 107 Å². The number of rotatable bonds is 11. The summed E-state index contributed by atoms with van der Waals surface area (Å²) in [7, 11) is 1.35. The number of carbonyl (C=O) groups excluding carboxylic acids is 2. The van der Waals surface area contributed by atoms with Crippen LogP contribution in [0.3, 0.4) is 0 Å². The highest BCUT2D eigenvalue weighted by Crippen LogP contribution is 2.29. The number of aromatic nitrogens is 1. The van der Waals surface area contributed by atoms with Crippen molar-refractivity contribution in [3.05, 3.63) is 120 Å². The second-order valence-electron chi connectivity index (χ2n) is 8.97. The number of esters is 1. The van der Waals surface area contributed by atoms with Gasteiger partial charge in [-0.05, 0) is 30.2 Å². The minimum absolute atomic E-state index is 0.0659. The van der Waals surface area contributed by atoms with Crippen LogP contribution >= 0.6 is 0 Å². The van der Waals surface area contributed by atoms with Gasteiger partial charge in [0.1, 0.15) is 23.7 Å². The van der Waals surface area contributed by atoms with Crippen LogP contribution in [0.2, 0.25) is 0 Å². The lowest BCUT2D eigenvalue weighted by atomic mass is 10.0. The highest BCUT2D eigenvalue weighted by molar-refractivity contribution is 5.98. The van der Waals surface area contributed by atoms with Gasteiger partial charge >= 0.3 is 5.97 Å². The van der Waals surface area contributed by atoms with Crippen LogP contribution in [0.4, 0.5) is 4.39 Å². The second-order valence-corrected chi connectivity index (χ2v) is 8.97. The maximum absolute atomic E-state index is 13.8. The molecule has 1 amide bonds. The van der Waals surface area contributed by atoms with Crippen LogP contribution in [0.25, 0.3) is 0 Å². The standard InChI is InChI=1S/C31H29FN2O6/c1-20(29(22-12-7-4-8-13-22)40-24-15-9-14-23(32)19-24)39-31(37)25(18-21-10-5-3-6-11-21)34-30(36)27-28(35)26(38-2)16-17-33-27/h3-17,19-20,25,29,35H,18H2,1-2H3,(H,34,36)/t20-,25-,29-/m0/s1. The van der Waals surface area contributed by atoms with Gasteiger partial charge in [0.25, 0.3) is 5.91 Å². The number of hydrogen-bond donors (Lipinski definition) is 2. The number of pyridine rings is 1. The molecule has 0 radical (unpaired) electrons. The van der Waals surface area contributed by atoms with E-state index in [1.807, 2.05) is 60.7 Å². The summed E-state index contributed by atoms with van der Waals surface area (Å²) < 4.78 is 30.8. The number of benzene rings is 3. The summed E-state index contributed by atoms with van der Waals surface area (Å²) in [6.07, 6.45) is -0.182. The van der Waals surface area contributed by atoms with Crippen LogP contribution in [-0.4, -0.2) is 41.2 Å². The summed E-state index contributed by atoms with van der Waals surface area (Å²) in [5.41, 5.74) is 1.19. The highest BCUT2D eigenvalue weighted by atomic mass is 19.1. The average molecular weight is 545 g/mol. The number of nitrogens with zero attached hydrogens (tertiary/aromatic N) is 1. The second kappa shape index (κ2) is 13.2. The van der Waals surface area contributed by atoms with Gasteiger partial charge in [-0.3, -0.25) is 4.79 Å². The maximum Gasteiger partial charge on any atom is 0.329 e. The van der Waals surface area contributed by atoms with Gasteiger partial charge in [0.2, 0.25) is 0 Å². The molecule has 0 spiro atoms. The van der Waals surface area contributed by atoms with Gasteiger partial charge in [0, 0.05) is 24.8 Å². The van der Waals surface area contributed by atoms with Crippen LogP contribution in [0.5, 0.6) is 17.2 Å². The minimum atomic E-state index is -1.13. The van der Waals surface area contributed by atoms with Gasteiger partial charge in [-0.2, -0.15) is 0 Å². The monoisotopic (exact) mass is 544 g/mol. The molecule has 0 bridgehead atoms. The van der Waals surface area contributed by atoms with Gasteiger partial charge in [0.15, 0.2) is 23.3 Å². The van der Waals surface area contributed by atoms with E-state index in [1.165, 1.54) is 37.6 Å². The molecular formula is C31H29FN2O6. The van der Waals surface area contributed by atoms with Crippen molar-refractivity contribution in [2.75, 3.05) is 7.11 Å². The summed E-state index contributed by atoms with van der Waals surface area (Å²) in [4.78, 5) is 30.6. The van der Waals surface area contributed by atoms with Crippen LogP contribution in [0.1, 0.15) is 34.6 Å². The fourth-order valence-electron chi connectivity index (χ4n) is 4.13. The zero-order valence-electron chi connectivity index (χ0n) is 22.0. The van der Waals surface area contributed by atoms with E-state index in [4.69, 9.17) is 14.2 Å². The molecule has 0 aliphatic rings. The molecule has 0 unspecified atom stereocenters. The molecule has 9 heteroatoms. The van der Waals surface area contributed by atoms with Crippen LogP contribution in [0, 0.1) is 5.82 Å². The minimum Gasteiger partial charge on any atom is -0.503 e. The van der Waals surface area contributed by atoms with Crippen LogP contribution < -0.4 is 14.8 Å². The molecular weight excluding hydrogens is 515 g/mol. The zero-order valence-corrected chi connectivity index (χ0v) is 22.0. The van der Waals surface area contributed by atoms with E-state index in [1.54, 1.807) is 13.0 Å². The molecule has 0 fully saturated rings. The van der Waals surface area contributed by atoms with Crippen molar-refractivity contribution in [3.63, 3.8) is 0 Å². The molecule has 1 aromatic heterocycles. The summed E-state index contributed by atoms with van der Waals surface area (Å²) >= 11 is 0. The molecule has 40 heavy (non-hydrogen) atoms. The smallest absolute Gasteiger partial charge is 0.329 e. The fraction of sp³-hybridized carbons (Fsp3) is 0.194.